The lowest BCUT2D eigenvalue weighted by atomic mass is 9.96. The molecule has 146 valence electrons. The molecule has 6 nitrogen and oxygen atoms in total. The number of halogens is 2. The SMILES string of the molecule is CC(C)[C@@H]([NH2+]CC(=O)Nc1cc(Cl)ccc1-n1cncn1)c1ccc(F)cc1. The predicted octanol–water partition coefficient (Wildman–Crippen LogP) is 2.96. The van der Waals surface area contributed by atoms with Gasteiger partial charge in [0.1, 0.15) is 24.5 Å². The van der Waals surface area contributed by atoms with Crippen LogP contribution in [0.2, 0.25) is 5.02 Å². The summed E-state index contributed by atoms with van der Waals surface area (Å²) in [5, 5.41) is 9.45. The molecule has 1 amide bonds. The largest absolute Gasteiger partial charge is 0.332 e. The highest BCUT2D eigenvalue weighted by Crippen LogP contribution is 2.24. The quantitative estimate of drug-likeness (QED) is 0.638. The number of amides is 1. The molecule has 0 saturated carbocycles. The average Bonchev–Trinajstić information content (AvgIpc) is 3.17. The van der Waals surface area contributed by atoms with E-state index in [4.69, 9.17) is 11.6 Å². The highest BCUT2D eigenvalue weighted by Gasteiger charge is 2.21. The van der Waals surface area contributed by atoms with E-state index in [0.29, 0.717) is 16.4 Å². The molecule has 0 aliphatic heterocycles. The van der Waals surface area contributed by atoms with E-state index in [0.717, 1.165) is 5.56 Å². The fourth-order valence-corrected chi connectivity index (χ4v) is 3.23. The molecule has 2 aromatic carbocycles. The third-order valence-corrected chi connectivity index (χ3v) is 4.66. The van der Waals surface area contributed by atoms with Crippen molar-refractivity contribution < 1.29 is 14.5 Å². The van der Waals surface area contributed by atoms with Gasteiger partial charge in [-0.2, -0.15) is 5.10 Å². The summed E-state index contributed by atoms with van der Waals surface area (Å²) in [7, 11) is 0. The summed E-state index contributed by atoms with van der Waals surface area (Å²) in [6.07, 6.45) is 2.97. The van der Waals surface area contributed by atoms with Crippen LogP contribution in [-0.4, -0.2) is 27.2 Å². The minimum absolute atomic E-state index is 0.0421. The summed E-state index contributed by atoms with van der Waals surface area (Å²) >= 11 is 6.09. The maximum atomic E-state index is 13.2. The van der Waals surface area contributed by atoms with Gasteiger partial charge >= 0.3 is 0 Å². The van der Waals surface area contributed by atoms with E-state index in [-0.39, 0.29) is 30.2 Å². The number of rotatable bonds is 7. The van der Waals surface area contributed by atoms with E-state index in [1.807, 2.05) is 5.32 Å². The van der Waals surface area contributed by atoms with Gasteiger partial charge in [-0.3, -0.25) is 4.79 Å². The van der Waals surface area contributed by atoms with Crippen LogP contribution in [0.3, 0.4) is 0 Å². The number of anilines is 1. The molecule has 1 aromatic heterocycles. The zero-order chi connectivity index (χ0) is 20.1. The number of nitrogens with one attached hydrogen (secondary N) is 1. The molecule has 0 spiro atoms. The topological polar surface area (TPSA) is 76.4 Å². The molecular formula is C20H22ClFN5O+. The van der Waals surface area contributed by atoms with Crippen molar-refractivity contribution in [2.75, 3.05) is 11.9 Å². The van der Waals surface area contributed by atoms with Crippen LogP contribution in [0, 0.1) is 11.7 Å². The standard InChI is InChI=1S/C20H21ClFN5O/c1-13(2)20(14-3-6-16(22)7-4-14)24-10-19(28)26-17-9-15(21)5-8-18(17)27-12-23-11-25-27/h3-9,11-13,20,24H,10H2,1-2H3,(H,26,28)/p+1/t20-/m1/s1. The van der Waals surface area contributed by atoms with Crippen LogP contribution >= 0.6 is 11.6 Å². The Balaban J connectivity index is 1.70. The van der Waals surface area contributed by atoms with Gasteiger partial charge in [0, 0.05) is 16.5 Å². The van der Waals surface area contributed by atoms with Crippen molar-refractivity contribution in [3.63, 3.8) is 0 Å². The number of carbonyl (C=O) groups excluding carboxylic acids is 1. The van der Waals surface area contributed by atoms with Gasteiger partial charge in [-0.05, 0) is 30.3 Å². The second-order valence-corrected chi connectivity index (χ2v) is 7.25. The van der Waals surface area contributed by atoms with E-state index < -0.39 is 0 Å². The van der Waals surface area contributed by atoms with Crippen LogP contribution in [0.15, 0.2) is 55.1 Å². The van der Waals surface area contributed by atoms with Gasteiger partial charge in [-0.1, -0.05) is 37.6 Å². The van der Waals surface area contributed by atoms with Crippen molar-refractivity contribution in [3.8, 4) is 5.69 Å². The van der Waals surface area contributed by atoms with Crippen LogP contribution in [0.1, 0.15) is 25.5 Å². The number of benzene rings is 2. The molecule has 3 rings (SSSR count). The minimum Gasteiger partial charge on any atom is -0.332 e. The first-order valence-electron chi connectivity index (χ1n) is 8.97. The van der Waals surface area contributed by atoms with Gasteiger partial charge in [-0.25, -0.2) is 14.1 Å². The molecule has 28 heavy (non-hydrogen) atoms. The lowest BCUT2D eigenvalue weighted by molar-refractivity contribution is -0.692. The van der Waals surface area contributed by atoms with Gasteiger partial charge in [-0.15, -0.1) is 0 Å². The van der Waals surface area contributed by atoms with Crippen molar-refractivity contribution >= 4 is 23.2 Å². The van der Waals surface area contributed by atoms with Gasteiger partial charge in [0.15, 0.2) is 6.54 Å². The lowest BCUT2D eigenvalue weighted by Gasteiger charge is -2.19. The van der Waals surface area contributed by atoms with Gasteiger partial charge in [0.2, 0.25) is 0 Å². The maximum absolute atomic E-state index is 13.2. The lowest BCUT2D eigenvalue weighted by Crippen LogP contribution is -2.88. The summed E-state index contributed by atoms with van der Waals surface area (Å²) in [6.45, 7) is 4.36. The molecule has 0 bridgehead atoms. The average molecular weight is 403 g/mol. The third-order valence-electron chi connectivity index (χ3n) is 4.43. The molecule has 0 saturated heterocycles. The smallest absolute Gasteiger partial charge is 0.279 e. The van der Waals surface area contributed by atoms with E-state index in [9.17, 15) is 9.18 Å². The zero-order valence-electron chi connectivity index (χ0n) is 15.6. The Bertz CT molecular complexity index is 928. The van der Waals surface area contributed by atoms with Crippen LogP contribution < -0.4 is 10.6 Å². The van der Waals surface area contributed by atoms with E-state index in [2.05, 4.69) is 29.2 Å². The molecule has 3 aromatic rings. The van der Waals surface area contributed by atoms with E-state index in [1.165, 1.54) is 18.5 Å². The predicted molar refractivity (Wildman–Crippen MR) is 106 cm³/mol. The number of hydrogen-bond donors (Lipinski definition) is 2. The summed E-state index contributed by atoms with van der Waals surface area (Å²) < 4.78 is 14.8. The Morgan fingerprint density at radius 2 is 2.00 bits per heavy atom. The van der Waals surface area contributed by atoms with Crippen LogP contribution in [0.4, 0.5) is 10.1 Å². The summed E-state index contributed by atoms with van der Waals surface area (Å²) in [6, 6.07) is 11.6. The fraction of sp³-hybridized carbons (Fsp3) is 0.250. The first-order valence-corrected chi connectivity index (χ1v) is 9.35. The number of quaternary nitrogens is 1. The third kappa shape index (κ3) is 4.94. The molecule has 0 aliphatic carbocycles. The number of aromatic nitrogens is 3. The number of carbonyl (C=O) groups is 1. The Kier molecular flexibility index (Phi) is 6.38. The normalized spacial score (nSPS) is 12.2. The van der Waals surface area contributed by atoms with Crippen LogP contribution in [0.5, 0.6) is 0 Å². The first-order chi connectivity index (χ1) is 13.4. The minimum atomic E-state index is -0.273. The summed E-state index contributed by atoms with van der Waals surface area (Å²) in [5.74, 6) is -0.169. The molecule has 0 unspecified atom stereocenters. The van der Waals surface area contributed by atoms with Crippen molar-refractivity contribution in [1.29, 1.82) is 0 Å². The maximum Gasteiger partial charge on any atom is 0.279 e. The fourth-order valence-electron chi connectivity index (χ4n) is 3.05. The molecule has 1 heterocycles. The zero-order valence-corrected chi connectivity index (χ0v) is 16.4. The van der Waals surface area contributed by atoms with Gasteiger partial charge < -0.3 is 10.6 Å². The molecule has 8 heteroatoms. The van der Waals surface area contributed by atoms with Crippen molar-refractivity contribution in [1.82, 2.24) is 14.8 Å². The van der Waals surface area contributed by atoms with Crippen molar-refractivity contribution in [2.45, 2.75) is 19.9 Å². The Labute approximate surface area is 167 Å². The second-order valence-electron chi connectivity index (χ2n) is 6.81. The molecule has 0 fully saturated rings. The Morgan fingerprint density at radius 3 is 2.64 bits per heavy atom. The monoisotopic (exact) mass is 402 g/mol. The summed E-state index contributed by atoms with van der Waals surface area (Å²) in [5.41, 5.74) is 2.21. The molecular weight excluding hydrogens is 381 g/mol. The summed E-state index contributed by atoms with van der Waals surface area (Å²) in [4.78, 5) is 16.5. The van der Waals surface area contributed by atoms with E-state index in [1.54, 1.807) is 41.3 Å². The highest BCUT2D eigenvalue weighted by atomic mass is 35.5. The molecule has 1 atom stereocenters. The van der Waals surface area contributed by atoms with Gasteiger partial charge in [0.05, 0.1) is 11.4 Å². The Hall–Kier alpha value is -2.77. The van der Waals surface area contributed by atoms with Crippen LogP contribution in [-0.2, 0) is 4.79 Å². The number of nitrogens with two attached hydrogens (primary N) is 1. The highest BCUT2D eigenvalue weighted by molar-refractivity contribution is 6.31. The molecule has 3 N–H and O–H groups in total. The first kappa shape index (κ1) is 20.0. The number of hydrogen-bond acceptors (Lipinski definition) is 3. The molecule has 0 radical (unpaired) electrons. The number of nitrogens with zero attached hydrogens (tertiary/aromatic N) is 3. The van der Waals surface area contributed by atoms with Crippen LogP contribution in [0.25, 0.3) is 5.69 Å². The second kappa shape index (κ2) is 8.95. The molecule has 0 aliphatic rings. The Morgan fingerprint density at radius 1 is 1.25 bits per heavy atom. The van der Waals surface area contributed by atoms with Crippen molar-refractivity contribution in [3.05, 3.63) is 71.5 Å². The van der Waals surface area contributed by atoms with E-state index >= 15 is 0 Å². The van der Waals surface area contributed by atoms with Crippen molar-refractivity contribution in [2.24, 2.45) is 5.92 Å². The van der Waals surface area contributed by atoms with Gasteiger partial charge in [0.25, 0.3) is 5.91 Å².